The summed E-state index contributed by atoms with van der Waals surface area (Å²) in [5.74, 6) is -5.81. The normalized spacial score (nSPS) is 12.5. The number of carbonyl (C=O) groups excluding carboxylic acids is 2. The van der Waals surface area contributed by atoms with E-state index < -0.39 is 23.5 Å². The number of alkyl halides is 6. The highest BCUT2D eigenvalue weighted by molar-refractivity contribution is 6.31. The summed E-state index contributed by atoms with van der Waals surface area (Å²) < 4.78 is 59.8. The fourth-order valence-corrected chi connectivity index (χ4v) is 0.238. The van der Waals surface area contributed by atoms with Crippen LogP contribution in [-0.4, -0.2) is 23.5 Å². The van der Waals surface area contributed by atoms with Crippen molar-refractivity contribution in [2.75, 3.05) is 0 Å². The van der Waals surface area contributed by atoms with E-state index >= 15 is 0 Å². The molecule has 0 saturated heterocycles. The first kappa shape index (κ1) is 12.1. The van der Waals surface area contributed by atoms with E-state index in [4.69, 9.17) is 0 Å². The fraction of sp³-hybridized carbons (Fsp3) is 0.500. The van der Waals surface area contributed by atoms with E-state index in [0.717, 1.165) is 0 Å². The molecule has 0 aliphatic rings. The fourth-order valence-electron chi connectivity index (χ4n) is 0.200. The molecule has 0 aliphatic carbocycles. The van der Waals surface area contributed by atoms with Crippen molar-refractivity contribution in [2.24, 2.45) is 0 Å². The van der Waals surface area contributed by atoms with Crippen LogP contribution in [0.15, 0.2) is 0 Å². The summed E-state index contributed by atoms with van der Waals surface area (Å²) in [6.45, 7) is 0. The lowest BCUT2D eigenvalue weighted by atomic mass is 10.6. The van der Waals surface area contributed by atoms with E-state index in [0.29, 0.717) is 0 Å². The lowest BCUT2D eigenvalue weighted by molar-refractivity contribution is -0.206. The van der Waals surface area contributed by atoms with Crippen molar-refractivity contribution in [1.29, 1.82) is 0 Å². The molecule has 9 heteroatoms. The van der Waals surface area contributed by atoms with Gasteiger partial charge in [-0.3, -0.25) is 0 Å². The molecule has 13 heavy (non-hydrogen) atoms. The average molecular weight is 226 g/mol. The molecule has 0 aromatic heterocycles. The van der Waals surface area contributed by atoms with E-state index in [9.17, 15) is 31.5 Å². The van der Waals surface area contributed by atoms with E-state index in [1.54, 1.807) is 0 Å². The Morgan fingerprint density at radius 3 is 1.62 bits per heavy atom. The van der Waals surface area contributed by atoms with Crippen LogP contribution in [-0.2, 0) is 14.3 Å². The second-order valence-corrected chi connectivity index (χ2v) is 2.15. The van der Waals surface area contributed by atoms with E-state index in [1.807, 2.05) is 0 Å². The third-order valence-electron chi connectivity index (χ3n) is 0.648. The molecular formula is C4ClF5O3. The van der Waals surface area contributed by atoms with Crippen LogP contribution in [0.1, 0.15) is 0 Å². The molecule has 0 fully saturated rings. The number of rotatable bonds is 1. The van der Waals surface area contributed by atoms with Crippen LogP contribution < -0.4 is 0 Å². The Hall–Kier alpha value is -0.920. The molecule has 0 rings (SSSR count). The van der Waals surface area contributed by atoms with Crippen LogP contribution in [0.4, 0.5) is 22.0 Å². The zero-order valence-electron chi connectivity index (χ0n) is 5.49. The number of halogens is 6. The van der Waals surface area contributed by atoms with Gasteiger partial charge in [0.15, 0.2) is 0 Å². The molecule has 0 heterocycles. The van der Waals surface area contributed by atoms with Crippen LogP contribution in [0.25, 0.3) is 0 Å². The summed E-state index contributed by atoms with van der Waals surface area (Å²) in [7, 11) is 0. The summed E-state index contributed by atoms with van der Waals surface area (Å²) in [6.07, 6.45) is -5.52. The molecule has 0 atom stereocenters. The zero-order valence-corrected chi connectivity index (χ0v) is 6.25. The van der Waals surface area contributed by atoms with Crippen LogP contribution in [0.2, 0.25) is 0 Å². The molecule has 0 radical (unpaired) electrons. The largest absolute Gasteiger partial charge is 0.491 e. The van der Waals surface area contributed by atoms with E-state index in [1.165, 1.54) is 0 Å². The SMILES string of the molecule is O=C(OC(=O)C(F)(F)Cl)C(F)(F)F. The van der Waals surface area contributed by atoms with Gasteiger partial charge >= 0.3 is 23.5 Å². The van der Waals surface area contributed by atoms with E-state index in [2.05, 4.69) is 16.3 Å². The van der Waals surface area contributed by atoms with Crippen molar-refractivity contribution in [3.8, 4) is 0 Å². The molecule has 0 aliphatic heterocycles. The number of hydrogen-bond donors (Lipinski definition) is 0. The maximum absolute atomic E-state index is 11.6. The quantitative estimate of drug-likeness (QED) is 0.294. The Kier molecular flexibility index (Phi) is 3.20. The van der Waals surface area contributed by atoms with Gasteiger partial charge in [0.2, 0.25) is 0 Å². The Labute approximate surface area is 72.4 Å². The molecular weight excluding hydrogens is 226 g/mol. The van der Waals surface area contributed by atoms with Gasteiger partial charge < -0.3 is 4.74 Å². The van der Waals surface area contributed by atoms with Crippen LogP contribution in [0, 0.1) is 0 Å². The van der Waals surface area contributed by atoms with Crippen molar-refractivity contribution in [2.45, 2.75) is 11.6 Å². The summed E-state index contributed by atoms with van der Waals surface area (Å²) >= 11 is 3.95. The molecule has 3 nitrogen and oxygen atoms in total. The molecule has 0 bridgehead atoms. The second kappa shape index (κ2) is 3.44. The van der Waals surface area contributed by atoms with E-state index in [-0.39, 0.29) is 0 Å². The lowest BCUT2D eigenvalue weighted by Gasteiger charge is -2.07. The van der Waals surface area contributed by atoms with Gasteiger partial charge in [-0.2, -0.15) is 22.0 Å². The second-order valence-electron chi connectivity index (χ2n) is 1.67. The minimum atomic E-state index is -5.52. The molecule has 0 aromatic carbocycles. The third-order valence-corrected chi connectivity index (χ3v) is 0.803. The molecule has 0 saturated carbocycles. The minimum Gasteiger partial charge on any atom is -0.381 e. The first-order valence-corrected chi connectivity index (χ1v) is 2.83. The Bertz CT molecular complexity index is 205. The third kappa shape index (κ3) is 4.02. The smallest absolute Gasteiger partial charge is 0.381 e. The van der Waals surface area contributed by atoms with Crippen molar-refractivity contribution in [3.63, 3.8) is 0 Å². The van der Waals surface area contributed by atoms with Gasteiger partial charge in [-0.25, -0.2) is 9.59 Å². The number of hydrogen-bond acceptors (Lipinski definition) is 3. The molecule has 0 unspecified atom stereocenters. The van der Waals surface area contributed by atoms with Gasteiger partial charge in [0.1, 0.15) is 0 Å². The molecule has 76 valence electrons. The number of carbonyl (C=O) groups is 2. The van der Waals surface area contributed by atoms with Crippen molar-refractivity contribution in [1.82, 2.24) is 0 Å². The van der Waals surface area contributed by atoms with Gasteiger partial charge in [0, 0.05) is 0 Å². The minimum absolute atomic E-state index is 2.69. The zero-order chi connectivity index (χ0) is 10.9. The summed E-state index contributed by atoms with van der Waals surface area (Å²) in [5.41, 5.74) is 0. The Balaban J connectivity index is 4.34. The Morgan fingerprint density at radius 1 is 1.00 bits per heavy atom. The van der Waals surface area contributed by atoms with Gasteiger partial charge in [0.25, 0.3) is 0 Å². The van der Waals surface area contributed by atoms with Gasteiger partial charge in [-0.1, -0.05) is 0 Å². The van der Waals surface area contributed by atoms with Gasteiger partial charge in [-0.15, -0.1) is 0 Å². The lowest BCUT2D eigenvalue weighted by Crippen LogP contribution is -2.33. The molecule has 0 aromatic rings. The highest BCUT2D eigenvalue weighted by Gasteiger charge is 2.47. The van der Waals surface area contributed by atoms with Crippen molar-refractivity contribution in [3.05, 3.63) is 0 Å². The monoisotopic (exact) mass is 226 g/mol. The molecule has 0 amide bonds. The average Bonchev–Trinajstić information content (AvgIpc) is 1.82. The number of ether oxygens (including phenoxy) is 1. The van der Waals surface area contributed by atoms with Gasteiger partial charge in [0.05, 0.1) is 0 Å². The van der Waals surface area contributed by atoms with Crippen LogP contribution in [0.5, 0.6) is 0 Å². The van der Waals surface area contributed by atoms with Gasteiger partial charge in [-0.05, 0) is 11.6 Å². The summed E-state index contributed by atoms with van der Waals surface area (Å²) in [4.78, 5) is 19.7. The Morgan fingerprint density at radius 2 is 1.38 bits per heavy atom. The predicted octanol–water partition coefficient (Wildman–Crippen LogP) is 1.45. The van der Waals surface area contributed by atoms with Crippen molar-refractivity contribution < 1.29 is 36.3 Å². The maximum Gasteiger partial charge on any atom is 0.491 e. The highest BCUT2D eigenvalue weighted by atomic mass is 35.5. The molecule has 0 N–H and O–H groups in total. The first-order valence-electron chi connectivity index (χ1n) is 2.45. The van der Waals surface area contributed by atoms with Crippen LogP contribution >= 0.6 is 11.6 Å². The van der Waals surface area contributed by atoms with Crippen LogP contribution in [0.3, 0.4) is 0 Å². The summed E-state index contributed by atoms with van der Waals surface area (Å²) in [6, 6.07) is 0. The van der Waals surface area contributed by atoms with Crippen molar-refractivity contribution >= 4 is 23.5 Å². The summed E-state index contributed by atoms with van der Waals surface area (Å²) in [5, 5.41) is -4.65. The standard InChI is InChI=1S/C4ClF5O3/c5-3(6,7)1(11)13-2(12)4(8,9)10. The predicted molar refractivity (Wildman–Crippen MR) is 28.0 cm³/mol. The maximum atomic E-state index is 11.6. The highest BCUT2D eigenvalue weighted by Crippen LogP contribution is 2.23. The first-order chi connectivity index (χ1) is 5.55. The topological polar surface area (TPSA) is 43.4 Å². The number of esters is 2. The molecule has 0 spiro atoms.